The zero-order valence-corrected chi connectivity index (χ0v) is 39.3. The first-order valence-electron chi connectivity index (χ1n) is 21.8. The van der Waals surface area contributed by atoms with Crippen LogP contribution in [0.2, 0.25) is 0 Å². The molecule has 0 aliphatic heterocycles. The van der Waals surface area contributed by atoms with E-state index >= 15 is 0 Å². The van der Waals surface area contributed by atoms with Gasteiger partial charge in [-0.3, -0.25) is 24.0 Å². The molecule has 376 valence electrons. The van der Waals surface area contributed by atoms with E-state index in [0.29, 0.717) is 11.3 Å². The molecule has 3 atom stereocenters. The van der Waals surface area contributed by atoms with Gasteiger partial charge in [-0.25, -0.2) is 18.0 Å². The summed E-state index contributed by atoms with van der Waals surface area (Å²) in [6, 6.07) is 5.82. The predicted octanol–water partition coefficient (Wildman–Crippen LogP) is 5.32. The van der Waals surface area contributed by atoms with E-state index in [1.165, 1.54) is 13.8 Å². The Balaban J connectivity index is 1.52. The van der Waals surface area contributed by atoms with Crippen LogP contribution >= 0.6 is 0 Å². The lowest BCUT2D eigenvalue weighted by atomic mass is 9.96. The number of carbonyl (C=O) groups excluding carboxylic acids is 6. The van der Waals surface area contributed by atoms with E-state index in [9.17, 15) is 50.7 Å². The van der Waals surface area contributed by atoms with Crippen molar-refractivity contribution in [2.75, 3.05) is 71.8 Å². The fraction of sp³-hybridized carbons (Fsp3) is 0.600. The van der Waals surface area contributed by atoms with Crippen LogP contribution in [0.1, 0.15) is 79.7 Å². The highest BCUT2D eigenvalue weighted by Crippen LogP contribution is 2.29. The zero-order valence-electron chi connectivity index (χ0n) is 39.3. The molecule has 0 unspecified atom stereocenters. The number of halogens is 5. The van der Waals surface area contributed by atoms with Crippen LogP contribution in [-0.4, -0.2) is 125 Å². The Kier molecular flexibility index (Phi) is 25.3. The Labute approximate surface area is 387 Å². The Morgan fingerprint density at radius 1 is 0.687 bits per heavy atom. The molecule has 0 saturated heterocycles. The second-order valence-electron chi connectivity index (χ2n) is 16.3. The van der Waals surface area contributed by atoms with Crippen LogP contribution < -0.4 is 26.0 Å². The van der Waals surface area contributed by atoms with Crippen molar-refractivity contribution in [3.05, 3.63) is 58.9 Å². The smallest absolute Gasteiger partial charge is 0.408 e. The van der Waals surface area contributed by atoms with Gasteiger partial charge >= 0.3 is 12.1 Å². The van der Waals surface area contributed by atoms with E-state index in [2.05, 4.69) is 39.9 Å². The number of anilines is 1. The highest BCUT2D eigenvalue weighted by atomic mass is 19.2. The molecule has 0 fully saturated rings. The van der Waals surface area contributed by atoms with Crippen LogP contribution in [-0.2, 0) is 54.3 Å². The lowest BCUT2D eigenvalue weighted by Gasteiger charge is -2.35. The summed E-state index contributed by atoms with van der Waals surface area (Å²) in [5.41, 5.74) is -0.245. The largest absolute Gasteiger partial charge is 0.445 e. The average Bonchev–Trinajstić information content (AvgIpc) is 3.29. The molecular formula is C45H64F5N5O12. The van der Waals surface area contributed by atoms with Crippen molar-refractivity contribution < 1.29 is 79.1 Å². The average molecular weight is 962 g/mol. The maximum Gasteiger partial charge on any atom is 0.408 e. The van der Waals surface area contributed by atoms with Crippen molar-refractivity contribution >= 4 is 41.4 Å². The number of benzene rings is 2. The molecule has 0 spiro atoms. The van der Waals surface area contributed by atoms with Gasteiger partial charge in [0.25, 0.3) is 0 Å². The number of rotatable bonds is 30. The van der Waals surface area contributed by atoms with Crippen molar-refractivity contribution in [3.8, 4) is 5.75 Å². The summed E-state index contributed by atoms with van der Waals surface area (Å²) in [6.07, 6.45) is -0.380. The first kappa shape index (κ1) is 57.7. The first-order chi connectivity index (χ1) is 31.6. The minimum Gasteiger partial charge on any atom is -0.445 e. The van der Waals surface area contributed by atoms with E-state index in [4.69, 9.17) is 23.7 Å². The lowest BCUT2D eigenvalue weighted by molar-refractivity contribution is -0.140. The van der Waals surface area contributed by atoms with Crippen LogP contribution in [0.3, 0.4) is 0 Å². The van der Waals surface area contributed by atoms with E-state index in [1.807, 2.05) is 20.8 Å². The molecular weight excluding hydrogens is 898 g/mol. The van der Waals surface area contributed by atoms with Crippen LogP contribution in [0.5, 0.6) is 5.75 Å². The molecule has 22 heteroatoms. The predicted molar refractivity (Wildman–Crippen MR) is 233 cm³/mol. The second-order valence-corrected chi connectivity index (χ2v) is 16.3. The molecule has 0 bridgehead atoms. The standard InChI is InChI=1S/C45H64F5N5O12/c1-9-28(4)29(5)55(8)42(59)40(27(2)3)53-43(60)45(6,7)54-44(61)66-26-30-10-12-31(13-11-30)52-33(57)15-19-63-24-25-65-21-17-51-32(56)14-18-62-22-23-64-20-16-34(58)67-41-38(49)36(47)35(46)37(48)39(41)50/h10-13,27-29,40H,9,14-26H2,1-8H3,(H,51,56)(H,52,57)(H,53,60)(H,54,61)/t28-,29+,40-/m0/s1. The molecule has 0 radical (unpaired) electrons. The fourth-order valence-corrected chi connectivity index (χ4v) is 5.70. The Morgan fingerprint density at radius 2 is 1.19 bits per heavy atom. The summed E-state index contributed by atoms with van der Waals surface area (Å²) in [4.78, 5) is 76.9. The van der Waals surface area contributed by atoms with E-state index in [-0.39, 0.29) is 114 Å². The van der Waals surface area contributed by atoms with Gasteiger partial charge in [-0.1, -0.05) is 46.2 Å². The number of nitrogens with one attached hydrogen (secondary N) is 4. The van der Waals surface area contributed by atoms with E-state index in [0.717, 1.165) is 6.42 Å². The van der Waals surface area contributed by atoms with Crippen LogP contribution in [0, 0.1) is 40.9 Å². The first-order valence-corrected chi connectivity index (χ1v) is 21.8. The molecule has 17 nitrogen and oxygen atoms in total. The molecule has 2 aromatic carbocycles. The van der Waals surface area contributed by atoms with Gasteiger partial charge in [0.1, 0.15) is 18.2 Å². The van der Waals surface area contributed by atoms with E-state index in [1.54, 1.807) is 36.2 Å². The monoisotopic (exact) mass is 961 g/mol. The third-order valence-corrected chi connectivity index (χ3v) is 10.3. The molecule has 0 aliphatic carbocycles. The SMILES string of the molecule is CC[C@H](C)[C@@H](C)N(C)C(=O)[C@@H](NC(=O)C(C)(C)NC(=O)OCc1ccc(NC(=O)CCOCCOCCNC(=O)CCOCCOCCC(=O)Oc2c(F)c(F)c(F)c(F)c2F)cc1)C(C)C. The molecule has 2 aromatic rings. The minimum atomic E-state index is -2.38. The fourth-order valence-electron chi connectivity index (χ4n) is 5.70. The third kappa shape index (κ3) is 20.1. The summed E-state index contributed by atoms with van der Waals surface area (Å²) >= 11 is 0. The number of hydrogen-bond acceptors (Lipinski definition) is 12. The normalized spacial score (nSPS) is 12.7. The molecule has 0 aromatic heterocycles. The Bertz CT molecular complexity index is 1910. The molecule has 67 heavy (non-hydrogen) atoms. The highest BCUT2D eigenvalue weighted by molar-refractivity contribution is 5.94. The van der Waals surface area contributed by atoms with Crippen LogP contribution in [0.15, 0.2) is 24.3 Å². The molecule has 0 heterocycles. The number of likely N-dealkylation sites (N-methyl/N-ethyl adjacent to an activating group) is 1. The molecule has 4 N–H and O–H groups in total. The van der Waals surface area contributed by atoms with Crippen molar-refractivity contribution in [1.29, 1.82) is 0 Å². The number of nitrogens with zero attached hydrogens (tertiary/aromatic N) is 1. The summed E-state index contributed by atoms with van der Waals surface area (Å²) < 4.78 is 97.5. The van der Waals surface area contributed by atoms with Crippen molar-refractivity contribution in [3.63, 3.8) is 0 Å². The van der Waals surface area contributed by atoms with Gasteiger partial charge in [0.15, 0.2) is 0 Å². The van der Waals surface area contributed by atoms with Crippen molar-refractivity contribution in [2.24, 2.45) is 11.8 Å². The van der Waals surface area contributed by atoms with Crippen molar-refractivity contribution in [2.45, 2.75) is 98.4 Å². The van der Waals surface area contributed by atoms with Gasteiger partial charge in [-0.2, -0.15) is 8.78 Å². The van der Waals surface area contributed by atoms with Gasteiger partial charge in [-0.15, -0.1) is 0 Å². The van der Waals surface area contributed by atoms with Crippen LogP contribution in [0.4, 0.5) is 32.4 Å². The van der Waals surface area contributed by atoms with Gasteiger partial charge in [0.2, 0.25) is 58.5 Å². The lowest BCUT2D eigenvalue weighted by Crippen LogP contribution is -2.60. The summed E-state index contributed by atoms with van der Waals surface area (Å²) in [5, 5.41) is 10.8. The number of ether oxygens (including phenoxy) is 6. The zero-order chi connectivity index (χ0) is 50.3. The highest BCUT2D eigenvalue weighted by Gasteiger charge is 2.36. The summed E-state index contributed by atoms with van der Waals surface area (Å²) in [6.45, 7) is 13.5. The second kappa shape index (κ2) is 29.3. The van der Waals surface area contributed by atoms with E-state index < -0.39 is 70.8 Å². The Hall–Kier alpha value is -5.45. The maximum absolute atomic E-state index is 13.6. The molecule has 0 saturated carbocycles. The summed E-state index contributed by atoms with van der Waals surface area (Å²) in [7, 11) is 1.73. The van der Waals surface area contributed by atoms with Gasteiger partial charge < -0.3 is 54.6 Å². The Morgan fingerprint density at radius 3 is 1.73 bits per heavy atom. The third-order valence-electron chi connectivity index (χ3n) is 10.3. The van der Waals surface area contributed by atoms with Gasteiger partial charge in [-0.05, 0) is 50.3 Å². The van der Waals surface area contributed by atoms with Gasteiger partial charge in [0.05, 0.1) is 65.7 Å². The molecule has 5 amide bonds. The van der Waals surface area contributed by atoms with Crippen LogP contribution in [0.25, 0.3) is 0 Å². The maximum atomic E-state index is 13.6. The topological polar surface area (TPSA) is 209 Å². The number of amides is 5. The quantitative estimate of drug-likeness (QED) is 0.0196. The molecule has 0 aliphatic rings. The minimum absolute atomic E-state index is 0.0249. The molecule has 2 rings (SSSR count). The number of alkyl carbamates (subject to hydrolysis) is 1. The van der Waals surface area contributed by atoms with Gasteiger partial charge in [0, 0.05) is 31.7 Å². The number of hydrogen-bond donors (Lipinski definition) is 4. The number of esters is 1. The van der Waals surface area contributed by atoms with Crippen molar-refractivity contribution in [1.82, 2.24) is 20.9 Å². The summed E-state index contributed by atoms with van der Waals surface area (Å²) in [5.74, 6) is -15.7. The number of carbonyl (C=O) groups is 6.